The van der Waals surface area contributed by atoms with Crippen molar-refractivity contribution in [1.29, 1.82) is 5.26 Å². The Balaban J connectivity index is 1.78. The van der Waals surface area contributed by atoms with Gasteiger partial charge in [0.25, 0.3) is 0 Å². The van der Waals surface area contributed by atoms with Crippen LogP contribution in [0.2, 0.25) is 0 Å². The van der Waals surface area contributed by atoms with Gasteiger partial charge in [-0.2, -0.15) is 5.26 Å². The lowest BCUT2D eigenvalue weighted by molar-refractivity contribution is -0.114. The van der Waals surface area contributed by atoms with E-state index < -0.39 is 17.4 Å². The van der Waals surface area contributed by atoms with Crippen molar-refractivity contribution in [3.05, 3.63) is 22.8 Å². The number of nitriles is 1. The van der Waals surface area contributed by atoms with Crippen LogP contribution in [0.5, 0.6) is 0 Å². The Morgan fingerprint density at radius 2 is 2.22 bits per heavy atom. The SMILES string of the molecule is [2H]C1([2H])C[C@H]2[C@@H]3CCC4=CC(=O)CCC4=C3CC[C@]2(C)[C@]1(O)C[13C]#[15N]. The fourth-order valence-electron chi connectivity index (χ4n) is 5.61. The van der Waals surface area contributed by atoms with Crippen molar-refractivity contribution in [2.75, 3.05) is 0 Å². The minimum absolute atomic E-state index is 0.0660. The van der Waals surface area contributed by atoms with Crippen molar-refractivity contribution in [3.8, 4) is 6.07 Å². The standard InChI is InChI=1S/C20H25NO2/c1-19-8-6-16-15-5-3-14(22)12-13(15)2-4-17(16)18(19)7-9-20(19,23)10-11-21/h12,17-18,23H,2-10H2,1H3/t17-,18+,19+,20-/m1/s1/i9D2,11+1,21+1. The molecule has 4 aliphatic carbocycles. The summed E-state index contributed by atoms with van der Waals surface area (Å²) < 4.78 is 16.9. The lowest BCUT2D eigenvalue weighted by Crippen LogP contribution is -2.49. The number of carbonyl (C=O) groups is 1. The normalized spacial score (nSPS) is 46.0. The summed E-state index contributed by atoms with van der Waals surface area (Å²) in [5, 5.41) is 20.5. The number of carbonyl (C=O) groups excluding carboxylic acids is 1. The van der Waals surface area contributed by atoms with Crippen LogP contribution in [0.4, 0.5) is 0 Å². The molecule has 1 N–H and O–H groups in total. The van der Waals surface area contributed by atoms with Crippen LogP contribution < -0.4 is 0 Å². The van der Waals surface area contributed by atoms with Gasteiger partial charge in [0.1, 0.15) is 0 Å². The molecule has 0 heterocycles. The molecule has 4 aliphatic rings. The molecule has 0 aromatic heterocycles. The van der Waals surface area contributed by atoms with Gasteiger partial charge in [0.2, 0.25) is 0 Å². The van der Waals surface area contributed by atoms with Crippen LogP contribution in [0.1, 0.15) is 67.4 Å². The summed E-state index contributed by atoms with van der Waals surface area (Å²) in [6.07, 6.45) is 5.02. The molecule has 3 heteroatoms. The summed E-state index contributed by atoms with van der Waals surface area (Å²) >= 11 is 0. The number of rotatable bonds is 1. The first kappa shape index (κ1) is 13.0. The average Bonchev–Trinajstić information content (AvgIpc) is 2.71. The molecular formula is C20H25NO2. The number of nitrogens with zero attached hydrogens (tertiary/aromatic N) is 1. The zero-order valence-corrected chi connectivity index (χ0v) is 13.7. The summed E-state index contributed by atoms with van der Waals surface area (Å²) in [5.41, 5.74) is 1.80. The van der Waals surface area contributed by atoms with Gasteiger partial charge in [-0.25, -0.2) is 0 Å². The molecule has 0 saturated heterocycles. The molecule has 2 saturated carbocycles. The molecule has 0 aromatic rings. The van der Waals surface area contributed by atoms with Crippen LogP contribution in [-0.4, -0.2) is 16.5 Å². The molecule has 122 valence electrons. The highest BCUT2D eigenvalue weighted by Crippen LogP contribution is 2.64. The largest absolute Gasteiger partial charge is 0.388 e. The number of aliphatic hydroxyl groups is 1. The molecule has 4 atom stereocenters. The summed E-state index contributed by atoms with van der Waals surface area (Å²) in [6, 6.07) is 2.04. The molecule has 0 radical (unpaired) electrons. The maximum atomic E-state index is 11.7. The van der Waals surface area contributed by atoms with Gasteiger partial charge in [0.15, 0.2) is 5.78 Å². The smallest absolute Gasteiger partial charge is 0.156 e. The van der Waals surface area contributed by atoms with Crippen LogP contribution in [0.25, 0.3) is 0 Å². The van der Waals surface area contributed by atoms with Gasteiger partial charge < -0.3 is 5.11 Å². The van der Waals surface area contributed by atoms with E-state index in [4.69, 9.17) is 2.74 Å². The lowest BCUT2D eigenvalue weighted by atomic mass is 9.55. The summed E-state index contributed by atoms with van der Waals surface area (Å²) in [5.74, 6) is 0.567. The van der Waals surface area contributed by atoms with Crippen molar-refractivity contribution >= 4 is 5.78 Å². The van der Waals surface area contributed by atoms with Crippen molar-refractivity contribution < 1.29 is 12.6 Å². The fraction of sp³-hybridized carbons (Fsp3) is 0.700. The van der Waals surface area contributed by atoms with E-state index in [0.717, 1.165) is 25.7 Å². The maximum Gasteiger partial charge on any atom is 0.156 e. The van der Waals surface area contributed by atoms with E-state index >= 15 is 0 Å². The highest BCUT2D eigenvalue weighted by molar-refractivity contribution is 5.93. The summed E-state index contributed by atoms with van der Waals surface area (Å²) in [6.45, 7) is 2.00. The molecule has 0 spiro atoms. The van der Waals surface area contributed by atoms with E-state index in [1.54, 1.807) is 0 Å². The van der Waals surface area contributed by atoms with Crippen LogP contribution in [0.15, 0.2) is 22.8 Å². The number of hydrogen-bond donors (Lipinski definition) is 1. The Bertz CT molecular complexity index is 747. The van der Waals surface area contributed by atoms with Gasteiger partial charge in [0, 0.05) is 14.6 Å². The van der Waals surface area contributed by atoms with Crippen molar-refractivity contribution in [1.82, 2.24) is 0 Å². The van der Waals surface area contributed by atoms with E-state index in [1.165, 1.54) is 16.7 Å². The second-order valence-electron chi connectivity index (χ2n) is 7.88. The minimum Gasteiger partial charge on any atom is -0.388 e. The second kappa shape index (κ2) is 5.05. The Morgan fingerprint density at radius 1 is 1.39 bits per heavy atom. The van der Waals surface area contributed by atoms with Crippen molar-refractivity contribution in [2.45, 2.75) is 70.3 Å². The van der Waals surface area contributed by atoms with Gasteiger partial charge in [0.05, 0.1) is 18.1 Å². The minimum atomic E-state index is -1.74. The highest BCUT2D eigenvalue weighted by Gasteiger charge is 2.60. The Kier molecular flexibility index (Phi) is 2.84. The third-order valence-electron chi connectivity index (χ3n) is 7.02. The predicted octanol–water partition coefficient (Wildman–Crippen LogP) is 3.84. The van der Waals surface area contributed by atoms with Gasteiger partial charge in [-0.1, -0.05) is 12.5 Å². The third-order valence-corrected chi connectivity index (χ3v) is 7.02. The van der Waals surface area contributed by atoms with Gasteiger partial charge in [-0.05, 0) is 74.0 Å². The number of allylic oxidation sites excluding steroid dienone is 4. The van der Waals surface area contributed by atoms with Crippen LogP contribution in [0, 0.1) is 28.6 Å². The van der Waals surface area contributed by atoms with E-state index in [0.29, 0.717) is 19.3 Å². The first-order valence-electron chi connectivity index (χ1n) is 9.78. The maximum absolute atomic E-state index is 11.7. The molecule has 0 aliphatic heterocycles. The molecule has 0 amide bonds. The number of ketones is 1. The Morgan fingerprint density at radius 3 is 3.00 bits per heavy atom. The summed E-state index contributed by atoms with van der Waals surface area (Å²) in [4.78, 5) is 11.7. The van der Waals surface area contributed by atoms with Crippen LogP contribution in [0.3, 0.4) is 0 Å². The third kappa shape index (κ3) is 2.01. The van der Waals surface area contributed by atoms with Crippen LogP contribution in [-0.2, 0) is 4.79 Å². The Labute approximate surface area is 140 Å². The predicted molar refractivity (Wildman–Crippen MR) is 87.3 cm³/mol. The molecule has 0 bridgehead atoms. The molecule has 0 aromatic carbocycles. The van der Waals surface area contributed by atoms with Gasteiger partial charge >= 0.3 is 0 Å². The molecule has 0 unspecified atom stereocenters. The number of hydrogen-bond acceptors (Lipinski definition) is 3. The fourth-order valence-corrected chi connectivity index (χ4v) is 5.61. The van der Waals surface area contributed by atoms with E-state index in [9.17, 15) is 15.2 Å². The lowest BCUT2D eigenvalue weighted by Gasteiger charge is -2.51. The van der Waals surface area contributed by atoms with E-state index in [2.05, 4.69) is 0 Å². The Hall–Kier alpha value is -1.40. The van der Waals surface area contributed by atoms with Gasteiger partial charge in [-0.15, -0.1) is 0 Å². The topological polar surface area (TPSA) is 61.1 Å². The van der Waals surface area contributed by atoms with E-state index in [1.807, 2.05) is 19.1 Å². The average molecular weight is 315 g/mol. The van der Waals surface area contributed by atoms with E-state index in [-0.39, 0.29) is 24.0 Å². The summed E-state index contributed by atoms with van der Waals surface area (Å²) in [7, 11) is 0. The first-order valence-corrected chi connectivity index (χ1v) is 8.78. The van der Waals surface area contributed by atoms with Gasteiger partial charge in [-0.3, -0.25) is 4.79 Å². The molecule has 3 nitrogen and oxygen atoms in total. The quantitative estimate of drug-likeness (QED) is 0.591. The van der Waals surface area contributed by atoms with Crippen molar-refractivity contribution in [2.24, 2.45) is 17.3 Å². The zero-order valence-electron chi connectivity index (χ0n) is 15.7. The zero-order chi connectivity index (χ0) is 18.0. The monoisotopic (exact) mass is 315 g/mol. The first-order chi connectivity index (χ1) is 11.7. The highest BCUT2D eigenvalue weighted by atomic mass is 16.3. The molecule has 23 heavy (non-hydrogen) atoms. The molecule has 2 fully saturated rings. The molecular weight excluding hydrogens is 288 g/mol. The molecule has 4 rings (SSSR count). The second-order valence-corrected chi connectivity index (χ2v) is 7.88. The van der Waals surface area contributed by atoms with Crippen LogP contribution >= 0.6 is 0 Å². The number of fused-ring (bicyclic) bond motifs is 4. The van der Waals surface area contributed by atoms with Crippen molar-refractivity contribution in [3.63, 3.8) is 0 Å².